The highest BCUT2D eigenvalue weighted by Crippen LogP contribution is 2.31. The van der Waals surface area contributed by atoms with Gasteiger partial charge in [0.1, 0.15) is 17.4 Å². The number of rotatable bonds is 17. The third kappa shape index (κ3) is 11.0. The van der Waals surface area contributed by atoms with Crippen molar-refractivity contribution in [3.8, 4) is 11.5 Å². The summed E-state index contributed by atoms with van der Waals surface area (Å²) in [6.45, 7) is 4.40. The number of esters is 1. The fourth-order valence-corrected chi connectivity index (χ4v) is 8.44. The molecule has 1 aromatic heterocycles. The summed E-state index contributed by atoms with van der Waals surface area (Å²) in [5, 5.41) is 27.7. The minimum Gasteiger partial charge on any atom is -0.506 e. The molecule has 2 atom stereocenters. The first kappa shape index (κ1) is 43.8. The van der Waals surface area contributed by atoms with Crippen LogP contribution in [-0.4, -0.2) is 94.8 Å². The average Bonchev–Trinajstić information content (AvgIpc) is 3.30. The number of aromatic nitrogens is 1. The number of ether oxygens (including phenoxy) is 2. The zero-order chi connectivity index (χ0) is 44.4. The van der Waals surface area contributed by atoms with Crippen LogP contribution in [0.5, 0.6) is 11.5 Å². The molecule has 2 saturated heterocycles. The zero-order valence-corrected chi connectivity index (χ0v) is 35.5. The Morgan fingerprint density at radius 3 is 2.27 bits per heavy atom. The Balaban J connectivity index is 0.766. The van der Waals surface area contributed by atoms with Crippen molar-refractivity contribution in [3.63, 3.8) is 0 Å². The number of phenolic OH excluding ortho intramolecular Hbond substituents is 1. The molecule has 5 aromatic carbocycles. The number of aromatic hydroxyl groups is 1. The molecule has 2 aliphatic heterocycles. The molecule has 6 aromatic rings. The number of aliphatic hydroxyl groups excluding tert-OH is 1. The molecule has 8 rings (SSSR count). The lowest BCUT2D eigenvalue weighted by molar-refractivity contribution is -0.146. The van der Waals surface area contributed by atoms with Crippen molar-refractivity contribution in [2.24, 2.45) is 5.92 Å². The number of fused-ring (bicyclic) bond motifs is 1. The van der Waals surface area contributed by atoms with E-state index < -0.39 is 12.0 Å². The van der Waals surface area contributed by atoms with Crippen molar-refractivity contribution in [1.29, 1.82) is 0 Å². The number of carbonyl (C=O) groups excluding carboxylic acids is 3. The van der Waals surface area contributed by atoms with Gasteiger partial charge in [0.15, 0.2) is 6.61 Å². The lowest BCUT2D eigenvalue weighted by atomic mass is 9.91. The van der Waals surface area contributed by atoms with Crippen molar-refractivity contribution < 1.29 is 34.1 Å². The first-order valence-electron chi connectivity index (χ1n) is 21.8. The van der Waals surface area contributed by atoms with E-state index >= 15 is 0 Å². The maximum absolute atomic E-state index is 13.8. The third-order valence-corrected chi connectivity index (χ3v) is 12.0. The third-order valence-electron chi connectivity index (χ3n) is 12.0. The molecule has 330 valence electrons. The molecule has 13 heteroatoms. The number of hydrogen-bond acceptors (Lipinski definition) is 10. The van der Waals surface area contributed by atoms with Crippen molar-refractivity contribution in [3.05, 3.63) is 177 Å². The number of carbonyl (C=O) groups is 3. The van der Waals surface area contributed by atoms with Gasteiger partial charge < -0.3 is 40.2 Å². The van der Waals surface area contributed by atoms with Crippen LogP contribution in [0.1, 0.15) is 63.0 Å². The van der Waals surface area contributed by atoms with Crippen molar-refractivity contribution in [2.75, 3.05) is 45.9 Å². The van der Waals surface area contributed by atoms with Crippen molar-refractivity contribution in [2.45, 2.75) is 44.0 Å². The molecular formula is C51H53N5O8. The maximum Gasteiger partial charge on any atom is 0.317 e. The standard InChI is InChI=1S/C51H53N5O8/c57-44-20-18-42(43-19-21-46(59)54-49(43)44)45(58)28-52-27-34-14-16-38(17-15-34)50(61)56-30-40(31-56)53-47(60)33-63-41-13-7-12-39(26-41)48(37-10-5-2-6-11-37)51(62)64-32-36-22-24-55(25-23-36)29-35-8-3-1-4-9-35/h1-21,26,36,40,45,48,52,57-58H,22-25,27-33H2,(H,53,60)(H,54,59)/t45-,48?/m0/s1. The fourth-order valence-electron chi connectivity index (χ4n) is 8.44. The molecule has 2 fully saturated rings. The summed E-state index contributed by atoms with van der Waals surface area (Å²) in [6, 6.07) is 40.2. The predicted molar refractivity (Wildman–Crippen MR) is 243 cm³/mol. The summed E-state index contributed by atoms with van der Waals surface area (Å²) in [7, 11) is 0. The number of piperidine rings is 1. The van der Waals surface area contributed by atoms with E-state index in [0.717, 1.165) is 43.6 Å². The Labute approximate surface area is 371 Å². The SMILES string of the molecule is O=C(COc1cccc(C(C(=O)OCC2CCN(Cc3ccccc3)CC2)c2ccccc2)c1)NC1CN(C(=O)c2ccc(CNC[C@H](O)c3ccc(O)c4[nH]c(=O)ccc34)cc2)C1. The number of aromatic amines is 1. The van der Waals surface area contributed by atoms with Gasteiger partial charge in [-0.2, -0.15) is 0 Å². The number of pyridine rings is 1. The van der Waals surface area contributed by atoms with Gasteiger partial charge in [0.25, 0.3) is 11.8 Å². The number of likely N-dealkylation sites (tertiary alicyclic amines) is 2. The van der Waals surface area contributed by atoms with Crippen LogP contribution >= 0.6 is 0 Å². The molecule has 0 saturated carbocycles. The van der Waals surface area contributed by atoms with Crippen LogP contribution in [0.25, 0.3) is 10.9 Å². The molecule has 5 N–H and O–H groups in total. The number of nitrogens with one attached hydrogen (secondary N) is 3. The molecular weight excluding hydrogens is 811 g/mol. The summed E-state index contributed by atoms with van der Waals surface area (Å²) in [5.41, 5.74) is 4.77. The summed E-state index contributed by atoms with van der Waals surface area (Å²) >= 11 is 0. The van der Waals surface area contributed by atoms with Crippen LogP contribution in [-0.2, 0) is 27.4 Å². The summed E-state index contributed by atoms with van der Waals surface area (Å²) in [5.74, 6) is -0.741. The minimum absolute atomic E-state index is 0.0691. The van der Waals surface area contributed by atoms with Gasteiger partial charge in [-0.15, -0.1) is 0 Å². The first-order chi connectivity index (χ1) is 31.2. The van der Waals surface area contributed by atoms with Gasteiger partial charge in [-0.05, 0) is 96.1 Å². The van der Waals surface area contributed by atoms with E-state index in [1.165, 1.54) is 17.7 Å². The van der Waals surface area contributed by atoms with Crippen LogP contribution < -0.4 is 20.9 Å². The highest BCUT2D eigenvalue weighted by Gasteiger charge is 2.32. The zero-order valence-electron chi connectivity index (χ0n) is 35.5. The predicted octanol–water partition coefficient (Wildman–Crippen LogP) is 5.66. The largest absolute Gasteiger partial charge is 0.506 e. The summed E-state index contributed by atoms with van der Waals surface area (Å²) in [6.07, 6.45) is 1.04. The van der Waals surface area contributed by atoms with Gasteiger partial charge in [-0.1, -0.05) is 91.0 Å². The lowest BCUT2D eigenvalue weighted by Crippen LogP contribution is -2.61. The molecule has 0 radical (unpaired) electrons. The van der Waals surface area contributed by atoms with E-state index in [0.29, 0.717) is 60.0 Å². The van der Waals surface area contributed by atoms with E-state index in [2.05, 4.69) is 44.8 Å². The van der Waals surface area contributed by atoms with E-state index in [-0.39, 0.29) is 53.8 Å². The molecule has 2 aliphatic rings. The number of phenols is 1. The summed E-state index contributed by atoms with van der Waals surface area (Å²) in [4.78, 5) is 58.3. The monoisotopic (exact) mass is 863 g/mol. The highest BCUT2D eigenvalue weighted by atomic mass is 16.5. The molecule has 0 aliphatic carbocycles. The van der Waals surface area contributed by atoms with Crippen LogP contribution in [0.2, 0.25) is 0 Å². The van der Waals surface area contributed by atoms with Crippen LogP contribution in [0, 0.1) is 5.92 Å². The molecule has 3 heterocycles. The van der Waals surface area contributed by atoms with E-state index in [9.17, 15) is 29.4 Å². The van der Waals surface area contributed by atoms with Gasteiger partial charge in [-0.3, -0.25) is 24.1 Å². The topological polar surface area (TPSA) is 174 Å². The maximum atomic E-state index is 13.8. The first-order valence-corrected chi connectivity index (χ1v) is 21.8. The van der Waals surface area contributed by atoms with Gasteiger partial charge in [0.05, 0.1) is 24.3 Å². The smallest absolute Gasteiger partial charge is 0.317 e. The average molecular weight is 864 g/mol. The van der Waals surface area contributed by atoms with Gasteiger partial charge in [0.2, 0.25) is 5.56 Å². The molecule has 1 unspecified atom stereocenters. The van der Waals surface area contributed by atoms with Crippen molar-refractivity contribution in [1.82, 2.24) is 25.4 Å². The molecule has 0 spiro atoms. The number of nitrogens with zero attached hydrogens (tertiary/aromatic N) is 2. The molecule has 2 amide bonds. The van der Waals surface area contributed by atoms with Gasteiger partial charge in [-0.25, -0.2) is 0 Å². The second-order valence-electron chi connectivity index (χ2n) is 16.6. The molecule has 13 nitrogen and oxygen atoms in total. The number of amides is 2. The fraction of sp³-hybridized carbons (Fsp3) is 0.294. The number of aliphatic hydroxyl groups is 1. The van der Waals surface area contributed by atoms with Gasteiger partial charge in [0, 0.05) is 49.7 Å². The normalized spacial score (nSPS) is 15.5. The van der Waals surface area contributed by atoms with Crippen LogP contribution in [0.3, 0.4) is 0 Å². The Hall–Kier alpha value is -6.80. The Morgan fingerprint density at radius 2 is 1.52 bits per heavy atom. The summed E-state index contributed by atoms with van der Waals surface area (Å²) < 4.78 is 11.9. The van der Waals surface area contributed by atoms with E-state index in [4.69, 9.17) is 9.47 Å². The molecule has 0 bridgehead atoms. The highest BCUT2D eigenvalue weighted by molar-refractivity contribution is 5.95. The quantitative estimate of drug-likeness (QED) is 0.0721. The number of H-pyrrole nitrogens is 1. The molecule has 64 heavy (non-hydrogen) atoms. The number of hydrogen-bond donors (Lipinski definition) is 5. The van der Waals surface area contributed by atoms with Crippen molar-refractivity contribution >= 4 is 28.7 Å². The van der Waals surface area contributed by atoms with Gasteiger partial charge >= 0.3 is 5.97 Å². The lowest BCUT2D eigenvalue weighted by Gasteiger charge is -2.39. The number of benzene rings is 5. The Morgan fingerprint density at radius 1 is 0.797 bits per heavy atom. The second-order valence-corrected chi connectivity index (χ2v) is 16.6. The Kier molecular flexibility index (Phi) is 14.1. The Bertz CT molecular complexity index is 2590. The second kappa shape index (κ2) is 20.6. The van der Waals surface area contributed by atoms with Crippen LogP contribution in [0.4, 0.5) is 0 Å². The van der Waals surface area contributed by atoms with E-state index in [1.807, 2.05) is 60.7 Å². The van der Waals surface area contributed by atoms with Crippen LogP contribution in [0.15, 0.2) is 138 Å². The van der Waals surface area contributed by atoms with E-state index in [1.54, 1.807) is 41.3 Å². The minimum atomic E-state index is -0.891.